The van der Waals surface area contributed by atoms with Gasteiger partial charge in [0.15, 0.2) is 5.78 Å². The van der Waals surface area contributed by atoms with E-state index in [1.54, 1.807) is 18.2 Å². The van der Waals surface area contributed by atoms with Crippen LogP contribution in [-0.2, 0) is 22.9 Å². The molecule has 0 atom stereocenters. The van der Waals surface area contributed by atoms with Crippen LogP contribution in [0.4, 0.5) is 10.5 Å². The van der Waals surface area contributed by atoms with Gasteiger partial charge in [-0.15, -0.1) is 0 Å². The number of anilines is 1. The lowest BCUT2D eigenvalue weighted by atomic mass is 9.98. The summed E-state index contributed by atoms with van der Waals surface area (Å²) in [5, 5.41) is 2.53. The molecule has 1 heterocycles. The van der Waals surface area contributed by atoms with Gasteiger partial charge in [0.1, 0.15) is 11.4 Å². The van der Waals surface area contributed by atoms with Crippen LogP contribution in [0.1, 0.15) is 35.3 Å². The Hall–Kier alpha value is -2.67. The zero-order chi connectivity index (χ0) is 18.9. The minimum atomic E-state index is -4.07. The Morgan fingerprint density at radius 1 is 1.08 bits per heavy atom. The molecule has 3 rings (SSSR count). The van der Waals surface area contributed by atoms with Crippen LogP contribution in [0.3, 0.4) is 0 Å². The van der Waals surface area contributed by atoms with Gasteiger partial charge in [-0.05, 0) is 42.2 Å². The van der Waals surface area contributed by atoms with Crippen LogP contribution in [0, 0.1) is 0 Å². The first-order valence-electron chi connectivity index (χ1n) is 8.46. The molecule has 0 fully saturated rings. The maximum absolute atomic E-state index is 12.8. The number of hydrogen-bond donors (Lipinski definition) is 1. The van der Waals surface area contributed by atoms with Crippen molar-refractivity contribution in [3.8, 4) is 0 Å². The molecule has 2 aromatic rings. The first kappa shape index (κ1) is 18.1. The fraction of sp³-hybridized carbons (Fsp3) is 0.263. The zero-order valence-corrected chi connectivity index (χ0v) is 15.5. The summed E-state index contributed by atoms with van der Waals surface area (Å²) >= 11 is 0. The fourth-order valence-corrected chi connectivity index (χ4v) is 4.42. The second-order valence-electron chi connectivity index (χ2n) is 6.06. The Kier molecular flexibility index (Phi) is 4.82. The summed E-state index contributed by atoms with van der Waals surface area (Å²) in [5.41, 5.74) is 2.52. The number of fused-ring (bicyclic) bond motifs is 1. The molecule has 6 nitrogen and oxygen atoms in total. The molecule has 1 N–H and O–H groups in total. The number of nitrogens with zero attached hydrogens (tertiary/aromatic N) is 1. The van der Waals surface area contributed by atoms with Crippen molar-refractivity contribution in [2.24, 2.45) is 0 Å². The van der Waals surface area contributed by atoms with Crippen LogP contribution in [0.5, 0.6) is 0 Å². The maximum Gasteiger partial charge on any atom is 0.336 e. The number of sulfonamides is 1. The van der Waals surface area contributed by atoms with E-state index in [4.69, 9.17) is 0 Å². The third kappa shape index (κ3) is 3.10. The molecule has 0 unspecified atom stereocenters. The standard InChI is InChI=1S/C19H20N2O4S/c1-3-13-9-10-14(4-2)15(11-13)17(22)12-21-19(23)20-16-7-5-6-8-18(16)26(21,24)25/h5-11H,3-4,12H2,1-2H3,(H,20,23). The number of carbonyl (C=O) groups excluding carboxylic acids is 2. The van der Waals surface area contributed by atoms with Gasteiger partial charge in [0.2, 0.25) is 0 Å². The van der Waals surface area contributed by atoms with Gasteiger partial charge < -0.3 is 5.32 Å². The van der Waals surface area contributed by atoms with Crippen molar-refractivity contribution >= 4 is 27.5 Å². The molecule has 0 spiro atoms. The van der Waals surface area contributed by atoms with E-state index in [1.165, 1.54) is 12.1 Å². The minimum absolute atomic E-state index is 0.00887. The number of aryl methyl sites for hydroxylation is 2. The monoisotopic (exact) mass is 372 g/mol. The lowest BCUT2D eigenvalue weighted by Crippen LogP contribution is -2.46. The van der Waals surface area contributed by atoms with Crippen LogP contribution in [0.15, 0.2) is 47.4 Å². The van der Waals surface area contributed by atoms with E-state index in [0.717, 1.165) is 17.5 Å². The predicted octanol–water partition coefficient (Wildman–Crippen LogP) is 3.23. The first-order valence-corrected chi connectivity index (χ1v) is 9.90. The van der Waals surface area contributed by atoms with Crippen LogP contribution in [0.25, 0.3) is 0 Å². The summed E-state index contributed by atoms with van der Waals surface area (Å²) in [6.07, 6.45) is 1.41. The molecular weight excluding hydrogens is 352 g/mol. The topological polar surface area (TPSA) is 83.6 Å². The second-order valence-corrected chi connectivity index (χ2v) is 7.89. The van der Waals surface area contributed by atoms with Crippen molar-refractivity contribution in [2.75, 3.05) is 11.9 Å². The molecule has 0 bridgehead atoms. The lowest BCUT2D eigenvalue weighted by molar-refractivity contribution is 0.0971. The van der Waals surface area contributed by atoms with Gasteiger partial charge in [0, 0.05) is 5.56 Å². The summed E-state index contributed by atoms with van der Waals surface area (Å²) in [7, 11) is -4.07. The highest BCUT2D eigenvalue weighted by atomic mass is 32.2. The highest BCUT2D eigenvalue weighted by Gasteiger charge is 2.37. The molecular formula is C19H20N2O4S. The summed E-state index contributed by atoms with van der Waals surface area (Å²) in [5.74, 6) is -0.393. The van der Waals surface area contributed by atoms with Gasteiger partial charge in [0.25, 0.3) is 10.0 Å². The zero-order valence-electron chi connectivity index (χ0n) is 14.7. The average Bonchev–Trinajstić information content (AvgIpc) is 2.64. The number of carbonyl (C=O) groups is 2. The van der Waals surface area contributed by atoms with Crippen molar-refractivity contribution in [1.82, 2.24) is 4.31 Å². The highest BCUT2D eigenvalue weighted by Crippen LogP contribution is 2.30. The summed E-state index contributed by atoms with van der Waals surface area (Å²) in [4.78, 5) is 25.1. The van der Waals surface area contributed by atoms with E-state index in [-0.39, 0.29) is 10.6 Å². The van der Waals surface area contributed by atoms with Crippen LogP contribution in [-0.4, -0.2) is 31.1 Å². The van der Waals surface area contributed by atoms with Gasteiger partial charge in [-0.1, -0.05) is 38.1 Å². The van der Waals surface area contributed by atoms with Gasteiger partial charge in [-0.25, -0.2) is 17.5 Å². The van der Waals surface area contributed by atoms with Crippen molar-refractivity contribution in [2.45, 2.75) is 31.6 Å². The Labute approximate surface area is 152 Å². The molecule has 136 valence electrons. The van der Waals surface area contributed by atoms with Crippen molar-refractivity contribution < 1.29 is 18.0 Å². The minimum Gasteiger partial charge on any atom is -0.306 e. The number of Topliss-reactive ketones (excluding diaryl/α,β-unsaturated/α-hetero) is 1. The average molecular weight is 372 g/mol. The van der Waals surface area contributed by atoms with Gasteiger partial charge in [0.05, 0.1) is 5.69 Å². The Balaban J connectivity index is 1.97. The van der Waals surface area contributed by atoms with E-state index >= 15 is 0 Å². The summed E-state index contributed by atoms with van der Waals surface area (Å²) in [6.45, 7) is 3.38. The molecule has 0 saturated heterocycles. The van der Waals surface area contributed by atoms with Crippen molar-refractivity contribution in [3.63, 3.8) is 0 Å². The Morgan fingerprint density at radius 2 is 1.81 bits per heavy atom. The summed E-state index contributed by atoms with van der Waals surface area (Å²) in [6, 6.07) is 10.9. The van der Waals surface area contributed by atoms with E-state index in [0.29, 0.717) is 16.3 Å². The molecule has 1 aliphatic heterocycles. The molecule has 0 aromatic heterocycles. The Bertz CT molecular complexity index is 983. The van der Waals surface area contributed by atoms with Gasteiger partial charge >= 0.3 is 6.03 Å². The maximum atomic E-state index is 12.8. The number of rotatable bonds is 5. The molecule has 0 saturated carbocycles. The van der Waals surface area contributed by atoms with Crippen LogP contribution in [0.2, 0.25) is 0 Å². The largest absolute Gasteiger partial charge is 0.336 e. The molecule has 0 radical (unpaired) electrons. The van der Waals surface area contributed by atoms with Crippen molar-refractivity contribution in [3.05, 3.63) is 59.2 Å². The number of para-hydroxylation sites is 1. The number of urea groups is 1. The molecule has 0 aliphatic carbocycles. The number of hydrogen-bond acceptors (Lipinski definition) is 4. The Morgan fingerprint density at radius 3 is 2.50 bits per heavy atom. The first-order chi connectivity index (χ1) is 12.4. The third-order valence-corrected chi connectivity index (χ3v) is 6.26. The second kappa shape index (κ2) is 6.92. The van der Waals surface area contributed by atoms with E-state index in [1.807, 2.05) is 26.0 Å². The highest BCUT2D eigenvalue weighted by molar-refractivity contribution is 7.90. The number of amides is 2. The van der Waals surface area contributed by atoms with Crippen LogP contribution >= 0.6 is 0 Å². The SMILES string of the molecule is CCc1ccc(CC)c(C(=O)CN2C(=O)Nc3ccccc3S2(=O)=O)c1. The third-order valence-electron chi connectivity index (χ3n) is 4.47. The van der Waals surface area contributed by atoms with Crippen LogP contribution < -0.4 is 5.32 Å². The number of ketones is 1. The fourth-order valence-electron chi connectivity index (χ4n) is 2.98. The van der Waals surface area contributed by atoms with E-state index in [2.05, 4.69) is 5.32 Å². The quantitative estimate of drug-likeness (QED) is 0.817. The predicted molar refractivity (Wildman–Crippen MR) is 98.9 cm³/mol. The molecule has 26 heavy (non-hydrogen) atoms. The van der Waals surface area contributed by atoms with Gasteiger partial charge in [-0.3, -0.25) is 4.79 Å². The molecule has 2 aromatic carbocycles. The number of nitrogens with one attached hydrogen (secondary N) is 1. The normalized spacial score (nSPS) is 15.3. The smallest absolute Gasteiger partial charge is 0.306 e. The number of benzene rings is 2. The molecule has 1 aliphatic rings. The van der Waals surface area contributed by atoms with Gasteiger partial charge in [-0.2, -0.15) is 0 Å². The lowest BCUT2D eigenvalue weighted by Gasteiger charge is -2.28. The van der Waals surface area contributed by atoms with Crippen molar-refractivity contribution in [1.29, 1.82) is 0 Å². The van der Waals surface area contributed by atoms with E-state index in [9.17, 15) is 18.0 Å². The molecule has 7 heteroatoms. The van der Waals surface area contributed by atoms with E-state index < -0.39 is 28.4 Å². The molecule has 2 amide bonds. The summed E-state index contributed by atoms with van der Waals surface area (Å²) < 4.78 is 26.2.